The van der Waals surface area contributed by atoms with Crippen LogP contribution in [-0.4, -0.2) is 4.98 Å². The Morgan fingerprint density at radius 2 is 2.00 bits per heavy atom. The number of aryl methyl sites for hydroxylation is 1. The Balaban J connectivity index is 1.91. The first-order valence-electron chi connectivity index (χ1n) is 6.51. The first kappa shape index (κ1) is 13.5. The van der Waals surface area contributed by atoms with Crippen LogP contribution in [0.5, 0.6) is 5.88 Å². The van der Waals surface area contributed by atoms with Crippen LogP contribution in [0.2, 0.25) is 10.0 Å². The van der Waals surface area contributed by atoms with Crippen LogP contribution in [-0.2, 0) is 6.42 Å². The lowest BCUT2D eigenvalue weighted by atomic mass is 9.89. The van der Waals surface area contributed by atoms with E-state index in [0.29, 0.717) is 15.9 Å². The fourth-order valence-corrected chi connectivity index (χ4v) is 2.92. The molecule has 1 unspecified atom stereocenters. The summed E-state index contributed by atoms with van der Waals surface area (Å²) in [5.41, 5.74) is 8.23. The topological polar surface area (TPSA) is 48.1 Å². The Labute approximate surface area is 127 Å². The van der Waals surface area contributed by atoms with Crippen molar-refractivity contribution in [1.82, 2.24) is 4.98 Å². The van der Waals surface area contributed by atoms with Crippen molar-refractivity contribution in [3.63, 3.8) is 0 Å². The highest BCUT2D eigenvalue weighted by Gasteiger charge is 2.23. The van der Waals surface area contributed by atoms with Crippen LogP contribution in [0, 0.1) is 0 Å². The van der Waals surface area contributed by atoms with Gasteiger partial charge >= 0.3 is 0 Å². The lowest BCUT2D eigenvalue weighted by Gasteiger charge is -2.26. The fraction of sp³-hybridized carbons (Fsp3) is 0.267. The molecule has 20 heavy (non-hydrogen) atoms. The number of ether oxygens (including phenoxy) is 1. The molecule has 0 amide bonds. The average molecular weight is 309 g/mol. The molecule has 0 fully saturated rings. The number of hydrogen-bond acceptors (Lipinski definition) is 3. The summed E-state index contributed by atoms with van der Waals surface area (Å²) < 4.78 is 5.97. The van der Waals surface area contributed by atoms with Crippen LogP contribution in [0.15, 0.2) is 30.3 Å². The van der Waals surface area contributed by atoms with Crippen LogP contribution < -0.4 is 10.5 Å². The zero-order valence-electron chi connectivity index (χ0n) is 10.8. The third-order valence-corrected chi connectivity index (χ3v) is 4.07. The predicted octanol–water partition coefficient (Wildman–Crippen LogP) is 4.43. The van der Waals surface area contributed by atoms with Crippen LogP contribution in [0.25, 0.3) is 0 Å². The summed E-state index contributed by atoms with van der Waals surface area (Å²) in [7, 11) is 0. The molecule has 1 aromatic heterocycles. The average Bonchev–Trinajstić information content (AvgIpc) is 2.45. The number of aromatic nitrogens is 1. The van der Waals surface area contributed by atoms with Crippen molar-refractivity contribution in [1.29, 1.82) is 0 Å². The van der Waals surface area contributed by atoms with E-state index in [0.717, 1.165) is 19.3 Å². The molecule has 0 saturated heterocycles. The Kier molecular flexibility index (Phi) is 3.72. The third-order valence-electron chi connectivity index (χ3n) is 3.49. The second-order valence-corrected chi connectivity index (χ2v) is 5.65. The SMILES string of the molecule is Nc1nc(OC2CCCc3ccccc32)c(Cl)cc1Cl. The fourth-order valence-electron chi connectivity index (χ4n) is 2.51. The Bertz CT molecular complexity index is 646. The molecular weight excluding hydrogens is 295 g/mol. The van der Waals surface area contributed by atoms with E-state index < -0.39 is 0 Å². The van der Waals surface area contributed by atoms with Crippen molar-refractivity contribution in [2.45, 2.75) is 25.4 Å². The van der Waals surface area contributed by atoms with Gasteiger partial charge in [-0.2, -0.15) is 4.98 Å². The van der Waals surface area contributed by atoms with Gasteiger partial charge in [-0.05, 0) is 36.5 Å². The summed E-state index contributed by atoms with van der Waals surface area (Å²) in [4.78, 5) is 4.13. The van der Waals surface area contributed by atoms with Gasteiger partial charge in [-0.15, -0.1) is 0 Å². The van der Waals surface area contributed by atoms with Gasteiger partial charge in [-0.25, -0.2) is 0 Å². The molecule has 2 aromatic rings. The van der Waals surface area contributed by atoms with E-state index >= 15 is 0 Å². The Morgan fingerprint density at radius 3 is 2.85 bits per heavy atom. The van der Waals surface area contributed by atoms with Gasteiger partial charge < -0.3 is 10.5 Å². The molecule has 0 bridgehead atoms. The van der Waals surface area contributed by atoms with Gasteiger partial charge in [0.25, 0.3) is 0 Å². The molecule has 0 saturated carbocycles. The lowest BCUT2D eigenvalue weighted by molar-refractivity contribution is 0.176. The summed E-state index contributed by atoms with van der Waals surface area (Å²) in [6.45, 7) is 0. The molecule has 0 radical (unpaired) electrons. The highest BCUT2D eigenvalue weighted by atomic mass is 35.5. The molecule has 1 aliphatic rings. The first-order valence-corrected chi connectivity index (χ1v) is 7.26. The number of fused-ring (bicyclic) bond motifs is 1. The second-order valence-electron chi connectivity index (χ2n) is 4.84. The third kappa shape index (κ3) is 2.56. The van der Waals surface area contributed by atoms with E-state index in [1.807, 2.05) is 12.1 Å². The molecule has 1 heterocycles. The van der Waals surface area contributed by atoms with E-state index in [2.05, 4.69) is 17.1 Å². The number of anilines is 1. The Hall–Kier alpha value is -1.45. The van der Waals surface area contributed by atoms with Crippen LogP contribution >= 0.6 is 23.2 Å². The summed E-state index contributed by atoms with van der Waals surface area (Å²) in [5.74, 6) is 0.574. The van der Waals surface area contributed by atoms with Crippen molar-refractivity contribution < 1.29 is 4.74 Å². The maximum Gasteiger partial charge on any atom is 0.235 e. The lowest BCUT2D eigenvalue weighted by Crippen LogP contribution is -2.16. The van der Waals surface area contributed by atoms with Gasteiger partial charge in [0.2, 0.25) is 5.88 Å². The van der Waals surface area contributed by atoms with Crippen molar-refractivity contribution in [2.24, 2.45) is 0 Å². The van der Waals surface area contributed by atoms with Crippen molar-refractivity contribution in [3.05, 3.63) is 51.5 Å². The van der Waals surface area contributed by atoms with Gasteiger partial charge in [0.15, 0.2) is 0 Å². The van der Waals surface area contributed by atoms with Crippen molar-refractivity contribution in [3.8, 4) is 5.88 Å². The quantitative estimate of drug-likeness (QED) is 0.893. The van der Waals surface area contributed by atoms with Crippen LogP contribution in [0.4, 0.5) is 5.82 Å². The summed E-state index contributed by atoms with van der Waals surface area (Å²) in [6, 6.07) is 9.86. The zero-order valence-corrected chi connectivity index (χ0v) is 12.3. The molecule has 1 aliphatic carbocycles. The number of pyridine rings is 1. The first-order chi connectivity index (χ1) is 9.65. The highest BCUT2D eigenvalue weighted by molar-refractivity contribution is 6.36. The van der Waals surface area contributed by atoms with E-state index in [-0.39, 0.29) is 11.9 Å². The summed E-state index contributed by atoms with van der Waals surface area (Å²) >= 11 is 12.0. The minimum atomic E-state index is -0.0366. The molecule has 3 nitrogen and oxygen atoms in total. The van der Waals surface area contributed by atoms with Crippen LogP contribution in [0.3, 0.4) is 0 Å². The monoisotopic (exact) mass is 308 g/mol. The molecule has 1 aromatic carbocycles. The van der Waals surface area contributed by atoms with Crippen molar-refractivity contribution in [2.75, 3.05) is 5.73 Å². The second kappa shape index (κ2) is 5.51. The van der Waals surface area contributed by atoms with Crippen LogP contribution in [0.1, 0.15) is 30.1 Å². The number of nitrogens with zero attached hydrogens (tertiary/aromatic N) is 1. The van der Waals surface area contributed by atoms with E-state index in [1.54, 1.807) is 6.07 Å². The molecule has 2 N–H and O–H groups in total. The number of hydrogen-bond donors (Lipinski definition) is 1. The minimum absolute atomic E-state index is 0.0366. The zero-order chi connectivity index (χ0) is 14.1. The van der Waals surface area contributed by atoms with E-state index in [4.69, 9.17) is 33.7 Å². The number of nitrogens with two attached hydrogens (primary N) is 1. The molecule has 3 rings (SSSR count). The van der Waals surface area contributed by atoms with Gasteiger partial charge in [0, 0.05) is 0 Å². The molecule has 0 spiro atoms. The standard InChI is InChI=1S/C15H14Cl2N2O/c16-11-8-12(17)15(19-14(11)18)20-13-7-3-5-9-4-1-2-6-10(9)13/h1-2,4,6,8,13H,3,5,7H2,(H2,18,19). The van der Waals surface area contributed by atoms with E-state index in [9.17, 15) is 0 Å². The highest BCUT2D eigenvalue weighted by Crippen LogP contribution is 2.36. The maximum absolute atomic E-state index is 6.12. The van der Waals surface area contributed by atoms with Gasteiger partial charge in [0.1, 0.15) is 16.9 Å². The number of nitrogen functional groups attached to an aromatic ring is 1. The maximum atomic E-state index is 6.12. The minimum Gasteiger partial charge on any atom is -0.468 e. The van der Waals surface area contributed by atoms with Crippen molar-refractivity contribution >= 4 is 29.0 Å². The molecule has 1 atom stereocenters. The van der Waals surface area contributed by atoms with Gasteiger partial charge in [-0.1, -0.05) is 47.5 Å². The molecule has 104 valence electrons. The van der Waals surface area contributed by atoms with Gasteiger partial charge in [0.05, 0.1) is 5.02 Å². The number of halogens is 2. The number of rotatable bonds is 2. The smallest absolute Gasteiger partial charge is 0.235 e. The van der Waals surface area contributed by atoms with E-state index in [1.165, 1.54) is 11.1 Å². The van der Waals surface area contributed by atoms with Gasteiger partial charge in [-0.3, -0.25) is 0 Å². The summed E-state index contributed by atoms with van der Waals surface area (Å²) in [6.07, 6.45) is 3.07. The normalized spacial score (nSPS) is 17.6. The Morgan fingerprint density at radius 1 is 1.20 bits per heavy atom. The molecule has 0 aliphatic heterocycles. The predicted molar refractivity (Wildman–Crippen MR) is 81.4 cm³/mol. The summed E-state index contributed by atoms with van der Waals surface area (Å²) in [5, 5.41) is 0.721. The number of benzene rings is 1. The molecule has 5 heteroatoms. The molecular formula is C15H14Cl2N2O. The largest absolute Gasteiger partial charge is 0.468 e.